The molecule has 0 spiro atoms. The van der Waals surface area contributed by atoms with Gasteiger partial charge < -0.3 is 34.2 Å². The Morgan fingerprint density at radius 1 is 1.12 bits per heavy atom. The van der Waals surface area contributed by atoms with E-state index < -0.39 is 74.3 Å². The number of oxazole rings is 1. The van der Waals surface area contributed by atoms with Crippen LogP contribution >= 0.6 is 0 Å². The van der Waals surface area contributed by atoms with Crippen LogP contribution < -0.4 is 24.8 Å². The number of amides is 4. The van der Waals surface area contributed by atoms with Gasteiger partial charge in [-0.2, -0.15) is 4.98 Å². The Morgan fingerprint density at radius 2 is 1.90 bits per heavy atom. The summed E-state index contributed by atoms with van der Waals surface area (Å²) in [4.78, 5) is 60.7. The number of allylic oxidation sites excluding steroid dienone is 1. The molecule has 3 N–H and O–H groups in total. The number of carbonyl (C=O) groups is 4. The van der Waals surface area contributed by atoms with Gasteiger partial charge in [-0.25, -0.2) is 13.2 Å². The van der Waals surface area contributed by atoms with Crippen molar-refractivity contribution in [2.45, 2.75) is 113 Å². The lowest BCUT2D eigenvalue weighted by molar-refractivity contribution is -0.141. The SMILES string of the molecule is COc1ccc2oc(O[C@@H]3C[C@H]4C(=O)N[C@]5(C(=O)NS(=O)(=O)C6CC6)C[C@@H]5/C=C\CCCCC[C@H](NC(=O)OC(C)(C)C)C(=O)N4C3)nc2c1. The lowest BCUT2D eigenvalue weighted by Crippen LogP contribution is -2.58. The van der Waals surface area contributed by atoms with Crippen LogP contribution in [-0.2, 0) is 29.1 Å². The lowest BCUT2D eigenvalue weighted by atomic mass is 10.0. The summed E-state index contributed by atoms with van der Waals surface area (Å²) >= 11 is 0. The third-order valence-corrected chi connectivity index (χ3v) is 11.2. The molecular weight excluding hydrogens is 670 g/mol. The van der Waals surface area contributed by atoms with Gasteiger partial charge in [-0.3, -0.25) is 19.1 Å². The van der Waals surface area contributed by atoms with Crippen molar-refractivity contribution >= 4 is 44.9 Å². The van der Waals surface area contributed by atoms with E-state index in [1.807, 2.05) is 12.2 Å². The van der Waals surface area contributed by atoms with Crippen LogP contribution in [0, 0.1) is 5.92 Å². The smallest absolute Gasteiger partial charge is 0.408 e. The van der Waals surface area contributed by atoms with Crippen molar-refractivity contribution in [1.29, 1.82) is 0 Å². The van der Waals surface area contributed by atoms with Crippen LogP contribution in [0.25, 0.3) is 11.1 Å². The van der Waals surface area contributed by atoms with E-state index in [1.165, 1.54) is 12.0 Å². The molecule has 272 valence electrons. The summed E-state index contributed by atoms with van der Waals surface area (Å²) in [6.07, 6.45) is 6.52. The van der Waals surface area contributed by atoms with Gasteiger partial charge >= 0.3 is 12.2 Å². The van der Waals surface area contributed by atoms with Crippen molar-refractivity contribution in [2.75, 3.05) is 13.7 Å². The first kappa shape index (κ1) is 35.5. The van der Waals surface area contributed by atoms with Crippen molar-refractivity contribution in [3.05, 3.63) is 30.4 Å². The molecule has 0 unspecified atom stereocenters. The van der Waals surface area contributed by atoms with Gasteiger partial charge in [0.05, 0.1) is 18.9 Å². The van der Waals surface area contributed by atoms with E-state index in [9.17, 15) is 27.6 Å². The fraction of sp³-hybridized carbons (Fsp3) is 0.618. The van der Waals surface area contributed by atoms with Gasteiger partial charge in [0.15, 0.2) is 5.58 Å². The molecule has 2 saturated carbocycles. The van der Waals surface area contributed by atoms with Crippen molar-refractivity contribution in [3.8, 4) is 11.8 Å². The van der Waals surface area contributed by atoms with Gasteiger partial charge in [0.2, 0.25) is 21.8 Å². The van der Waals surface area contributed by atoms with Crippen molar-refractivity contribution in [1.82, 2.24) is 25.2 Å². The number of rotatable bonds is 7. The van der Waals surface area contributed by atoms with Gasteiger partial charge in [-0.1, -0.05) is 25.0 Å². The first-order valence-electron chi connectivity index (χ1n) is 17.1. The maximum Gasteiger partial charge on any atom is 0.408 e. The quantitative estimate of drug-likeness (QED) is 0.357. The fourth-order valence-electron chi connectivity index (χ4n) is 6.50. The molecule has 5 atom stereocenters. The van der Waals surface area contributed by atoms with Gasteiger partial charge in [0.1, 0.15) is 40.6 Å². The van der Waals surface area contributed by atoms with E-state index in [0.29, 0.717) is 49.0 Å². The van der Waals surface area contributed by atoms with Gasteiger partial charge in [-0.05, 0) is 71.4 Å². The number of hydrogen-bond donors (Lipinski definition) is 3. The number of hydrogen-bond acceptors (Lipinski definition) is 11. The molecule has 6 rings (SSSR count). The highest BCUT2D eigenvalue weighted by atomic mass is 32.2. The summed E-state index contributed by atoms with van der Waals surface area (Å²) in [6, 6.07) is 2.95. The average molecular weight is 716 g/mol. The number of nitrogens with zero attached hydrogens (tertiary/aromatic N) is 2. The van der Waals surface area contributed by atoms with Crippen molar-refractivity contribution in [2.24, 2.45) is 5.92 Å². The van der Waals surface area contributed by atoms with Gasteiger partial charge in [0, 0.05) is 18.4 Å². The Bertz CT molecular complexity index is 1780. The Labute approximate surface area is 290 Å². The summed E-state index contributed by atoms with van der Waals surface area (Å²) in [5.74, 6) is -1.81. The number of methoxy groups -OCH3 is 1. The number of nitrogens with one attached hydrogen (secondary N) is 3. The van der Waals surface area contributed by atoms with Gasteiger partial charge in [0.25, 0.3) is 5.91 Å². The summed E-state index contributed by atoms with van der Waals surface area (Å²) in [7, 11) is -2.35. The van der Waals surface area contributed by atoms with E-state index in [0.717, 1.165) is 12.8 Å². The molecular formula is C34H45N5O10S. The van der Waals surface area contributed by atoms with Crippen LogP contribution in [0.1, 0.15) is 78.6 Å². The molecule has 2 aliphatic carbocycles. The van der Waals surface area contributed by atoms with Crippen LogP contribution in [-0.4, -0.2) is 90.3 Å². The fourth-order valence-corrected chi connectivity index (χ4v) is 7.87. The molecule has 0 bridgehead atoms. The predicted octanol–water partition coefficient (Wildman–Crippen LogP) is 3.08. The Kier molecular flexibility index (Phi) is 9.76. The number of ether oxygens (including phenoxy) is 3. The summed E-state index contributed by atoms with van der Waals surface area (Å²) in [5, 5.41) is 4.92. The number of aromatic nitrogens is 1. The Morgan fingerprint density at radius 3 is 2.62 bits per heavy atom. The number of carbonyl (C=O) groups excluding carboxylic acids is 4. The van der Waals surface area contributed by atoms with E-state index >= 15 is 0 Å². The largest absolute Gasteiger partial charge is 0.497 e. The maximum atomic E-state index is 14.3. The maximum absolute atomic E-state index is 14.3. The number of fused-ring (bicyclic) bond motifs is 3. The zero-order valence-electron chi connectivity index (χ0n) is 28.7. The van der Waals surface area contributed by atoms with Crippen LogP contribution in [0.5, 0.6) is 11.8 Å². The summed E-state index contributed by atoms with van der Waals surface area (Å²) in [5.41, 5.74) is -1.37. The molecule has 4 aliphatic rings. The second kappa shape index (κ2) is 13.8. The average Bonchev–Trinajstić information content (AvgIpc) is 3.93. The van der Waals surface area contributed by atoms with Crippen LogP contribution in [0.15, 0.2) is 34.8 Å². The van der Waals surface area contributed by atoms with Gasteiger partial charge in [-0.15, -0.1) is 0 Å². The first-order chi connectivity index (χ1) is 23.7. The third-order valence-electron chi connectivity index (χ3n) is 9.38. The van der Waals surface area contributed by atoms with Crippen LogP contribution in [0.4, 0.5) is 4.79 Å². The molecule has 1 aromatic carbocycles. The van der Waals surface area contributed by atoms with E-state index in [2.05, 4.69) is 20.3 Å². The number of sulfonamides is 1. The molecule has 3 heterocycles. The highest BCUT2D eigenvalue weighted by Gasteiger charge is 2.62. The van der Waals surface area contributed by atoms with E-state index in [-0.39, 0.29) is 25.5 Å². The lowest BCUT2D eigenvalue weighted by Gasteiger charge is -2.30. The van der Waals surface area contributed by atoms with Crippen molar-refractivity contribution < 1.29 is 46.2 Å². The zero-order valence-corrected chi connectivity index (χ0v) is 29.5. The Hall–Kier alpha value is -4.34. The normalized spacial score (nSPS) is 28.3. The molecule has 50 heavy (non-hydrogen) atoms. The summed E-state index contributed by atoms with van der Waals surface area (Å²) in [6.45, 7) is 5.10. The second-order valence-corrected chi connectivity index (χ2v) is 16.5. The first-order valence-corrected chi connectivity index (χ1v) is 18.7. The summed E-state index contributed by atoms with van der Waals surface area (Å²) < 4.78 is 50.3. The molecule has 2 aliphatic heterocycles. The van der Waals surface area contributed by atoms with E-state index in [4.69, 9.17) is 18.6 Å². The Balaban J connectivity index is 1.28. The highest BCUT2D eigenvalue weighted by molar-refractivity contribution is 7.91. The van der Waals surface area contributed by atoms with Crippen LogP contribution in [0.3, 0.4) is 0 Å². The minimum absolute atomic E-state index is 0.0113. The zero-order chi connectivity index (χ0) is 35.8. The molecule has 3 fully saturated rings. The standard InChI is InChI=1S/C34H45N5O10S/c1-33(2,3)49-31(43)35-24-11-9-7-5-6-8-10-20-18-34(20,30(42)38-50(44,45)23-13-14-23)37-28(40)26-17-22(19-39(26)29(24)41)47-32-36-25-16-21(46-4)12-15-27(25)48-32/h8,10,12,15-16,20,22-24,26H,5-7,9,11,13-14,17-19H2,1-4H3,(H,35,43)(H,37,40)(H,38,42)/b10-8-/t20-,22+,24-,26-,34+/m0/s1. The third kappa shape index (κ3) is 8.00. The monoisotopic (exact) mass is 715 g/mol. The van der Waals surface area contributed by atoms with Crippen molar-refractivity contribution in [3.63, 3.8) is 0 Å². The number of benzene rings is 1. The van der Waals surface area contributed by atoms with E-state index in [1.54, 1.807) is 39.0 Å². The molecule has 15 nitrogen and oxygen atoms in total. The topological polar surface area (TPSA) is 195 Å². The number of alkyl carbamates (subject to hydrolysis) is 1. The molecule has 1 aromatic heterocycles. The minimum atomic E-state index is -3.88. The molecule has 16 heteroatoms. The molecule has 4 amide bonds. The predicted molar refractivity (Wildman–Crippen MR) is 180 cm³/mol. The second-order valence-electron chi connectivity index (χ2n) is 14.5. The van der Waals surface area contributed by atoms with Crippen LogP contribution in [0.2, 0.25) is 0 Å². The highest BCUT2D eigenvalue weighted by Crippen LogP contribution is 2.46. The molecule has 2 aromatic rings. The minimum Gasteiger partial charge on any atom is -0.497 e. The molecule has 1 saturated heterocycles. The molecule has 0 radical (unpaired) electrons.